The molecule has 0 spiro atoms. The molecule has 1 unspecified atom stereocenters. The van der Waals surface area contributed by atoms with Gasteiger partial charge >= 0.3 is 5.97 Å². The van der Waals surface area contributed by atoms with Crippen molar-refractivity contribution in [1.29, 1.82) is 0 Å². The number of aliphatic hydroxyl groups is 1. The van der Waals surface area contributed by atoms with Gasteiger partial charge in [0.25, 0.3) is 0 Å². The highest BCUT2D eigenvalue weighted by Crippen LogP contribution is 2.22. The normalized spacial score (nSPS) is 19.0. The zero-order chi connectivity index (χ0) is 20.1. The second kappa shape index (κ2) is 13.4. The van der Waals surface area contributed by atoms with Gasteiger partial charge < -0.3 is 14.7 Å². The molecule has 0 radical (unpaired) electrons. The van der Waals surface area contributed by atoms with Crippen LogP contribution < -0.4 is 0 Å². The van der Waals surface area contributed by atoms with Crippen LogP contribution >= 0.6 is 0 Å². The van der Waals surface area contributed by atoms with E-state index in [1.165, 1.54) is 7.11 Å². The molecule has 27 heavy (non-hydrogen) atoms. The first kappa shape index (κ1) is 23.2. The fourth-order valence-electron chi connectivity index (χ4n) is 3.16. The van der Waals surface area contributed by atoms with E-state index < -0.39 is 6.10 Å². The van der Waals surface area contributed by atoms with Crippen molar-refractivity contribution in [2.75, 3.05) is 13.7 Å². The van der Waals surface area contributed by atoms with Gasteiger partial charge in [-0.3, -0.25) is 9.59 Å². The lowest BCUT2D eigenvalue weighted by Crippen LogP contribution is -2.33. The van der Waals surface area contributed by atoms with Crippen molar-refractivity contribution in [2.45, 2.75) is 83.8 Å². The number of ether oxygens (including phenoxy) is 1. The van der Waals surface area contributed by atoms with Crippen LogP contribution in [0.25, 0.3) is 0 Å². The Kier molecular flexibility index (Phi) is 11.5. The molecule has 1 saturated heterocycles. The lowest BCUT2D eigenvalue weighted by atomic mass is 10.00. The number of methoxy groups -OCH3 is 1. The zero-order valence-electron chi connectivity index (χ0n) is 17.1. The number of carbonyl (C=O) groups excluding carboxylic acids is 2. The van der Waals surface area contributed by atoms with Gasteiger partial charge in [0.15, 0.2) is 0 Å². The van der Waals surface area contributed by atoms with Crippen molar-refractivity contribution >= 4 is 11.9 Å². The standard InChI is InChI=1S/C22H35NO4/c1-4-5-8-11-18(2)20(24)15-13-19-14-16-21(25)23(19)17-10-7-6-9-12-22(26)27-3/h13,15,18-20,24H,4,6-7,9-12,14,16-17H2,1-3H3/b15-13+/t18?,19-,20-/m0/s1. The van der Waals surface area contributed by atoms with Crippen molar-refractivity contribution in [2.24, 2.45) is 5.92 Å². The van der Waals surface area contributed by atoms with Crippen LogP contribution in [-0.4, -0.2) is 47.7 Å². The van der Waals surface area contributed by atoms with Crippen LogP contribution in [0.5, 0.6) is 0 Å². The third kappa shape index (κ3) is 9.10. The minimum atomic E-state index is -0.535. The highest BCUT2D eigenvalue weighted by Gasteiger charge is 2.28. The Morgan fingerprint density at radius 1 is 1.33 bits per heavy atom. The number of nitrogens with zero attached hydrogens (tertiary/aromatic N) is 1. The quantitative estimate of drug-likeness (QED) is 0.259. The van der Waals surface area contributed by atoms with Gasteiger partial charge in [0.1, 0.15) is 0 Å². The highest BCUT2D eigenvalue weighted by atomic mass is 16.5. The molecule has 0 aromatic rings. The maximum absolute atomic E-state index is 12.1. The second-order valence-electron chi connectivity index (χ2n) is 7.20. The largest absolute Gasteiger partial charge is 0.469 e. The summed E-state index contributed by atoms with van der Waals surface area (Å²) in [5.74, 6) is 6.22. The number of unbranched alkanes of at least 4 members (excludes halogenated alkanes) is 3. The van der Waals surface area contributed by atoms with Crippen LogP contribution in [0.4, 0.5) is 0 Å². The summed E-state index contributed by atoms with van der Waals surface area (Å²) in [5.41, 5.74) is 0. The number of esters is 1. The van der Waals surface area contributed by atoms with Gasteiger partial charge in [0, 0.05) is 32.2 Å². The molecule has 1 N–H and O–H groups in total. The Hall–Kier alpha value is -1.80. The molecule has 0 saturated carbocycles. The van der Waals surface area contributed by atoms with Crippen molar-refractivity contribution in [3.8, 4) is 11.8 Å². The fourth-order valence-corrected chi connectivity index (χ4v) is 3.16. The molecule has 0 aliphatic carbocycles. The third-order valence-corrected chi connectivity index (χ3v) is 4.97. The maximum atomic E-state index is 12.1. The SMILES string of the molecule is CCC#CCC(C)[C@@H](O)/C=C/[C@H]1CCC(=O)N1CCCCCCC(=O)OC. The maximum Gasteiger partial charge on any atom is 0.305 e. The average molecular weight is 378 g/mol. The minimum absolute atomic E-state index is 0.0798. The van der Waals surface area contributed by atoms with Crippen LogP contribution in [0.3, 0.4) is 0 Å². The molecule has 1 aliphatic rings. The topological polar surface area (TPSA) is 66.8 Å². The van der Waals surface area contributed by atoms with Crippen LogP contribution in [0.1, 0.15) is 71.6 Å². The Bertz CT molecular complexity index is 546. The van der Waals surface area contributed by atoms with Crippen LogP contribution in [-0.2, 0) is 14.3 Å². The number of rotatable bonds is 11. The zero-order valence-corrected chi connectivity index (χ0v) is 17.1. The molecular weight excluding hydrogens is 342 g/mol. The van der Waals surface area contributed by atoms with E-state index in [4.69, 9.17) is 0 Å². The second-order valence-corrected chi connectivity index (χ2v) is 7.20. The molecular formula is C22H35NO4. The molecule has 0 aromatic heterocycles. The molecule has 1 amide bonds. The van der Waals surface area contributed by atoms with Crippen molar-refractivity contribution in [3.05, 3.63) is 12.2 Å². The molecule has 1 rings (SSSR count). The number of aliphatic hydroxyl groups excluding tert-OH is 1. The Morgan fingerprint density at radius 3 is 2.78 bits per heavy atom. The van der Waals surface area contributed by atoms with E-state index >= 15 is 0 Å². The van der Waals surface area contributed by atoms with Crippen LogP contribution in [0, 0.1) is 17.8 Å². The van der Waals surface area contributed by atoms with E-state index in [9.17, 15) is 14.7 Å². The molecule has 152 valence electrons. The number of amides is 1. The van der Waals surface area contributed by atoms with Crippen LogP contribution in [0.15, 0.2) is 12.2 Å². The third-order valence-electron chi connectivity index (χ3n) is 4.97. The predicted molar refractivity (Wildman–Crippen MR) is 107 cm³/mol. The first-order valence-corrected chi connectivity index (χ1v) is 10.2. The van der Waals surface area contributed by atoms with E-state index in [1.54, 1.807) is 0 Å². The van der Waals surface area contributed by atoms with Gasteiger partial charge in [0.2, 0.25) is 5.91 Å². The summed E-state index contributed by atoms with van der Waals surface area (Å²) in [6.45, 7) is 4.74. The Morgan fingerprint density at radius 2 is 2.07 bits per heavy atom. The summed E-state index contributed by atoms with van der Waals surface area (Å²) < 4.78 is 4.63. The van der Waals surface area contributed by atoms with Gasteiger partial charge in [0.05, 0.1) is 19.3 Å². The number of carbonyl (C=O) groups is 2. The minimum Gasteiger partial charge on any atom is -0.469 e. The summed E-state index contributed by atoms with van der Waals surface area (Å²) in [6, 6.07) is 0.0798. The molecule has 3 atom stereocenters. The highest BCUT2D eigenvalue weighted by molar-refractivity contribution is 5.79. The summed E-state index contributed by atoms with van der Waals surface area (Å²) in [4.78, 5) is 25.1. The number of hydrogen-bond donors (Lipinski definition) is 1. The van der Waals surface area contributed by atoms with E-state index in [0.717, 1.165) is 45.1 Å². The smallest absolute Gasteiger partial charge is 0.305 e. The van der Waals surface area contributed by atoms with Gasteiger partial charge in [-0.2, -0.15) is 0 Å². The molecule has 0 bridgehead atoms. The summed E-state index contributed by atoms with van der Waals surface area (Å²) in [5, 5.41) is 10.3. The van der Waals surface area contributed by atoms with Crippen LogP contribution in [0.2, 0.25) is 0 Å². The first-order valence-electron chi connectivity index (χ1n) is 10.2. The van der Waals surface area contributed by atoms with E-state index in [1.807, 2.05) is 30.9 Å². The Balaban J connectivity index is 2.37. The average Bonchev–Trinajstić information content (AvgIpc) is 3.02. The molecule has 1 aliphatic heterocycles. The lowest BCUT2D eigenvalue weighted by molar-refractivity contribution is -0.140. The van der Waals surface area contributed by atoms with Crippen molar-refractivity contribution in [3.63, 3.8) is 0 Å². The summed E-state index contributed by atoms with van der Waals surface area (Å²) >= 11 is 0. The molecule has 1 fully saturated rings. The lowest BCUT2D eigenvalue weighted by Gasteiger charge is -2.23. The van der Waals surface area contributed by atoms with E-state index in [2.05, 4.69) is 16.6 Å². The monoisotopic (exact) mass is 377 g/mol. The summed E-state index contributed by atoms with van der Waals surface area (Å²) in [6.07, 6.45) is 10.4. The predicted octanol–water partition coefficient (Wildman–Crippen LogP) is 3.46. The number of hydrogen-bond acceptors (Lipinski definition) is 4. The van der Waals surface area contributed by atoms with Crippen molar-refractivity contribution < 1.29 is 19.4 Å². The van der Waals surface area contributed by atoms with E-state index in [-0.39, 0.29) is 23.8 Å². The van der Waals surface area contributed by atoms with Gasteiger partial charge in [-0.15, -0.1) is 11.8 Å². The summed E-state index contributed by atoms with van der Waals surface area (Å²) in [7, 11) is 1.41. The molecule has 5 heteroatoms. The number of likely N-dealkylation sites (tertiary alicyclic amines) is 1. The fraction of sp³-hybridized carbons (Fsp3) is 0.727. The van der Waals surface area contributed by atoms with E-state index in [0.29, 0.717) is 19.3 Å². The first-order chi connectivity index (χ1) is 13.0. The van der Waals surface area contributed by atoms with Crippen molar-refractivity contribution in [1.82, 2.24) is 4.90 Å². The van der Waals surface area contributed by atoms with Gasteiger partial charge in [-0.05, 0) is 25.2 Å². The molecule has 1 heterocycles. The van der Waals surface area contributed by atoms with Gasteiger partial charge in [-0.25, -0.2) is 0 Å². The Labute approximate surface area is 164 Å². The molecule has 5 nitrogen and oxygen atoms in total. The molecule has 0 aromatic carbocycles. The van der Waals surface area contributed by atoms with Gasteiger partial charge in [-0.1, -0.05) is 38.8 Å².